The molecular weight excluding hydrogens is 370 g/mol. The molecule has 2 aromatic carbocycles. The SMILES string of the molecule is CC(C)N(C(=O)OCc1ccccc1)[C@@H]1CCn2c(=O)[nH]c3cccc(c32)[C@H]1O. The second-order valence-electron chi connectivity index (χ2n) is 7.67. The largest absolute Gasteiger partial charge is 0.445 e. The molecule has 1 aromatic heterocycles. The maximum absolute atomic E-state index is 13.0. The lowest BCUT2D eigenvalue weighted by atomic mass is 9.98. The molecule has 7 heteroatoms. The van der Waals surface area contributed by atoms with E-state index in [1.165, 1.54) is 0 Å². The Labute approximate surface area is 168 Å². The molecule has 2 N–H and O–H groups in total. The number of aryl methyl sites for hydroxylation is 1. The smallest absolute Gasteiger partial charge is 0.410 e. The van der Waals surface area contributed by atoms with Crippen LogP contribution in [0, 0.1) is 0 Å². The van der Waals surface area contributed by atoms with Crippen LogP contribution in [0.5, 0.6) is 0 Å². The predicted octanol–water partition coefficient (Wildman–Crippen LogP) is 3.18. The summed E-state index contributed by atoms with van der Waals surface area (Å²) in [5.74, 6) is 0. The average Bonchev–Trinajstić information content (AvgIpc) is 2.96. The summed E-state index contributed by atoms with van der Waals surface area (Å²) in [6.07, 6.45) is -0.948. The molecular formula is C22H25N3O4. The molecule has 3 aromatic rings. The van der Waals surface area contributed by atoms with Crippen molar-refractivity contribution in [3.8, 4) is 0 Å². The summed E-state index contributed by atoms with van der Waals surface area (Å²) in [5.41, 5.74) is 2.73. The van der Waals surface area contributed by atoms with Gasteiger partial charge in [-0.3, -0.25) is 9.47 Å². The van der Waals surface area contributed by atoms with Gasteiger partial charge in [0.25, 0.3) is 0 Å². The highest BCUT2D eigenvalue weighted by Crippen LogP contribution is 2.33. The number of aromatic nitrogens is 2. The highest BCUT2D eigenvalue weighted by Gasteiger charge is 2.36. The number of amides is 1. The number of carbonyl (C=O) groups is 1. The number of nitrogens with zero attached hydrogens (tertiary/aromatic N) is 2. The predicted molar refractivity (Wildman–Crippen MR) is 110 cm³/mol. The number of hydrogen-bond donors (Lipinski definition) is 2. The summed E-state index contributed by atoms with van der Waals surface area (Å²) in [7, 11) is 0. The molecule has 0 fully saturated rings. The number of aliphatic hydroxyl groups is 1. The van der Waals surface area contributed by atoms with Crippen molar-refractivity contribution in [1.82, 2.24) is 14.5 Å². The number of para-hydroxylation sites is 1. The second-order valence-corrected chi connectivity index (χ2v) is 7.67. The summed E-state index contributed by atoms with van der Waals surface area (Å²) in [6.45, 7) is 4.37. The molecule has 0 radical (unpaired) electrons. The topological polar surface area (TPSA) is 87.6 Å². The van der Waals surface area contributed by atoms with Crippen LogP contribution in [0.3, 0.4) is 0 Å². The van der Waals surface area contributed by atoms with Crippen LogP contribution in [0.15, 0.2) is 53.3 Å². The third kappa shape index (κ3) is 3.53. The van der Waals surface area contributed by atoms with Gasteiger partial charge in [-0.15, -0.1) is 0 Å². The zero-order chi connectivity index (χ0) is 20.5. The molecule has 0 unspecified atom stereocenters. The summed E-state index contributed by atoms with van der Waals surface area (Å²) in [4.78, 5) is 29.7. The maximum Gasteiger partial charge on any atom is 0.410 e. The molecule has 0 aliphatic carbocycles. The van der Waals surface area contributed by atoms with Crippen molar-refractivity contribution in [2.24, 2.45) is 0 Å². The number of hydrogen-bond acceptors (Lipinski definition) is 4. The van der Waals surface area contributed by atoms with Crippen molar-refractivity contribution in [2.45, 2.75) is 51.6 Å². The van der Waals surface area contributed by atoms with Crippen LogP contribution in [0.4, 0.5) is 4.79 Å². The molecule has 1 aliphatic rings. The van der Waals surface area contributed by atoms with Gasteiger partial charge in [0, 0.05) is 18.2 Å². The van der Waals surface area contributed by atoms with E-state index in [4.69, 9.17) is 4.74 Å². The van der Waals surface area contributed by atoms with Gasteiger partial charge in [0.2, 0.25) is 0 Å². The Kier molecular flexibility index (Phi) is 5.15. The molecule has 1 aliphatic heterocycles. The van der Waals surface area contributed by atoms with Crippen molar-refractivity contribution in [2.75, 3.05) is 0 Å². The van der Waals surface area contributed by atoms with Crippen LogP contribution < -0.4 is 5.69 Å². The molecule has 2 atom stereocenters. The van der Waals surface area contributed by atoms with Gasteiger partial charge in [0.1, 0.15) is 12.7 Å². The van der Waals surface area contributed by atoms with Crippen molar-refractivity contribution in [1.29, 1.82) is 0 Å². The van der Waals surface area contributed by atoms with Gasteiger partial charge < -0.3 is 14.8 Å². The third-order valence-corrected chi connectivity index (χ3v) is 5.49. The molecule has 7 nitrogen and oxygen atoms in total. The fraction of sp³-hybridized carbons (Fsp3) is 0.364. The number of nitrogens with one attached hydrogen (secondary N) is 1. The molecule has 29 heavy (non-hydrogen) atoms. The van der Waals surface area contributed by atoms with Gasteiger partial charge in [0.05, 0.1) is 17.1 Å². The van der Waals surface area contributed by atoms with E-state index in [9.17, 15) is 14.7 Å². The molecule has 0 saturated carbocycles. The van der Waals surface area contributed by atoms with E-state index in [-0.39, 0.29) is 18.3 Å². The Balaban J connectivity index is 1.62. The molecule has 4 rings (SSSR count). The second kappa shape index (κ2) is 7.75. The van der Waals surface area contributed by atoms with Gasteiger partial charge in [-0.2, -0.15) is 0 Å². The van der Waals surface area contributed by atoms with E-state index in [2.05, 4.69) is 4.98 Å². The Morgan fingerprint density at radius 3 is 2.72 bits per heavy atom. The first-order chi connectivity index (χ1) is 14.0. The standard InChI is InChI=1S/C22H25N3O4/c1-14(2)25(22(28)29-13-15-7-4-3-5-8-15)18-11-12-24-19-16(20(18)26)9-6-10-17(19)23-21(24)27/h3-10,14,18,20,26H,11-13H2,1-2H3,(H,23,27)/t18-,20-/m1/s1. The van der Waals surface area contributed by atoms with Crippen LogP contribution in [0.1, 0.15) is 37.5 Å². The number of carbonyl (C=O) groups excluding carboxylic acids is 1. The van der Waals surface area contributed by atoms with Crippen LogP contribution in [0.25, 0.3) is 11.0 Å². The van der Waals surface area contributed by atoms with E-state index in [1.54, 1.807) is 15.5 Å². The molecule has 0 saturated heterocycles. The van der Waals surface area contributed by atoms with E-state index in [0.717, 1.165) is 5.56 Å². The lowest BCUT2D eigenvalue weighted by Crippen LogP contribution is -2.48. The molecule has 152 valence electrons. The first kappa shape index (κ1) is 19.3. The van der Waals surface area contributed by atoms with E-state index in [1.807, 2.05) is 56.3 Å². The zero-order valence-electron chi connectivity index (χ0n) is 16.5. The lowest BCUT2D eigenvalue weighted by molar-refractivity contribution is 0.0139. The first-order valence-electron chi connectivity index (χ1n) is 9.86. The monoisotopic (exact) mass is 395 g/mol. The van der Waals surface area contributed by atoms with Crippen LogP contribution >= 0.6 is 0 Å². The number of ether oxygens (including phenoxy) is 1. The van der Waals surface area contributed by atoms with Gasteiger partial charge in [0.15, 0.2) is 0 Å². The van der Waals surface area contributed by atoms with Crippen molar-refractivity contribution >= 4 is 17.1 Å². The maximum atomic E-state index is 13.0. The number of H-pyrrole nitrogens is 1. The Morgan fingerprint density at radius 1 is 1.24 bits per heavy atom. The zero-order valence-corrected chi connectivity index (χ0v) is 16.5. The van der Waals surface area contributed by atoms with Crippen molar-refractivity contribution in [3.05, 3.63) is 70.1 Å². The van der Waals surface area contributed by atoms with Gasteiger partial charge in [-0.25, -0.2) is 9.59 Å². The van der Waals surface area contributed by atoms with Gasteiger partial charge >= 0.3 is 11.8 Å². The number of aliphatic hydroxyl groups excluding tert-OH is 1. The van der Waals surface area contributed by atoms with Gasteiger partial charge in [-0.1, -0.05) is 42.5 Å². The third-order valence-electron chi connectivity index (χ3n) is 5.49. The summed E-state index contributed by atoms with van der Waals surface area (Å²) in [5, 5.41) is 11.2. The lowest BCUT2D eigenvalue weighted by Gasteiger charge is -2.36. The fourth-order valence-corrected chi connectivity index (χ4v) is 4.14. The van der Waals surface area contributed by atoms with E-state index < -0.39 is 18.2 Å². The molecule has 0 spiro atoms. The fourth-order valence-electron chi connectivity index (χ4n) is 4.14. The summed E-state index contributed by atoms with van der Waals surface area (Å²) in [6, 6.07) is 14.2. The number of imidazole rings is 1. The minimum Gasteiger partial charge on any atom is -0.445 e. The molecule has 2 heterocycles. The van der Waals surface area contributed by atoms with E-state index in [0.29, 0.717) is 29.6 Å². The Morgan fingerprint density at radius 2 is 2.00 bits per heavy atom. The van der Waals surface area contributed by atoms with E-state index >= 15 is 0 Å². The first-order valence-corrected chi connectivity index (χ1v) is 9.86. The van der Waals surface area contributed by atoms with Crippen molar-refractivity contribution < 1.29 is 14.6 Å². The minimum absolute atomic E-state index is 0.168. The summed E-state index contributed by atoms with van der Waals surface area (Å²) >= 11 is 0. The number of benzene rings is 2. The Bertz CT molecular complexity index is 1070. The highest BCUT2D eigenvalue weighted by molar-refractivity contribution is 5.80. The average molecular weight is 395 g/mol. The number of aromatic amines is 1. The highest BCUT2D eigenvalue weighted by atomic mass is 16.6. The Hall–Kier alpha value is -3.06. The van der Waals surface area contributed by atoms with Crippen LogP contribution in [0.2, 0.25) is 0 Å². The van der Waals surface area contributed by atoms with Crippen LogP contribution in [-0.4, -0.2) is 37.7 Å². The quantitative estimate of drug-likeness (QED) is 0.710. The molecule has 1 amide bonds. The van der Waals surface area contributed by atoms with Crippen LogP contribution in [-0.2, 0) is 17.9 Å². The minimum atomic E-state index is -0.922. The molecule has 0 bridgehead atoms. The van der Waals surface area contributed by atoms with Gasteiger partial charge in [-0.05, 0) is 31.9 Å². The normalized spacial score (nSPS) is 18.6. The number of rotatable bonds is 4. The van der Waals surface area contributed by atoms with Crippen molar-refractivity contribution in [3.63, 3.8) is 0 Å². The summed E-state index contributed by atoms with van der Waals surface area (Å²) < 4.78 is 7.19.